The van der Waals surface area contributed by atoms with Gasteiger partial charge < -0.3 is 10.1 Å². The predicted molar refractivity (Wildman–Crippen MR) is 99.7 cm³/mol. The Morgan fingerprint density at radius 1 is 1.19 bits per heavy atom. The number of anilines is 1. The predicted octanol–water partition coefficient (Wildman–Crippen LogP) is 2.66. The van der Waals surface area contributed by atoms with Crippen LogP contribution in [0.25, 0.3) is 0 Å². The van der Waals surface area contributed by atoms with Crippen LogP contribution in [0.15, 0.2) is 53.4 Å². The van der Waals surface area contributed by atoms with E-state index in [-0.39, 0.29) is 16.8 Å². The molecule has 1 amide bonds. The summed E-state index contributed by atoms with van der Waals surface area (Å²) in [4.78, 5) is 12.6. The third-order valence-corrected chi connectivity index (χ3v) is 6.30. The number of nitrogens with one attached hydrogen (secondary N) is 1. The maximum absolute atomic E-state index is 12.9. The summed E-state index contributed by atoms with van der Waals surface area (Å²) in [6.07, 6.45) is 0. The van der Waals surface area contributed by atoms with Crippen LogP contribution in [0, 0.1) is 6.92 Å². The molecule has 1 aliphatic heterocycles. The van der Waals surface area contributed by atoms with Crippen molar-refractivity contribution >= 4 is 21.6 Å². The molecule has 1 atom stereocenters. The quantitative estimate of drug-likeness (QED) is 0.893. The van der Waals surface area contributed by atoms with Crippen LogP contribution in [0.4, 0.5) is 5.69 Å². The molecule has 1 saturated heterocycles. The number of carbonyl (C=O) groups is 1. The van der Waals surface area contributed by atoms with Crippen LogP contribution in [0.3, 0.4) is 0 Å². The van der Waals surface area contributed by atoms with Crippen LogP contribution >= 0.6 is 0 Å². The van der Waals surface area contributed by atoms with Gasteiger partial charge in [0, 0.05) is 23.8 Å². The van der Waals surface area contributed by atoms with Crippen molar-refractivity contribution in [1.29, 1.82) is 0 Å². The molecule has 2 aromatic carbocycles. The minimum absolute atomic E-state index is 0.160. The van der Waals surface area contributed by atoms with Gasteiger partial charge in [-0.15, -0.1) is 0 Å². The molecular formula is C19H22N2O4S. The number of nitrogens with zero attached hydrogens (tertiary/aromatic N) is 1. The Morgan fingerprint density at radius 2 is 1.96 bits per heavy atom. The van der Waals surface area contributed by atoms with E-state index >= 15 is 0 Å². The van der Waals surface area contributed by atoms with Gasteiger partial charge in [0.25, 0.3) is 5.91 Å². The maximum Gasteiger partial charge on any atom is 0.255 e. The van der Waals surface area contributed by atoms with Crippen LogP contribution in [0.2, 0.25) is 0 Å². The molecular weight excluding hydrogens is 352 g/mol. The van der Waals surface area contributed by atoms with Crippen LogP contribution < -0.4 is 5.32 Å². The first-order chi connectivity index (χ1) is 12.4. The molecule has 0 saturated carbocycles. The van der Waals surface area contributed by atoms with E-state index in [0.717, 1.165) is 5.56 Å². The summed E-state index contributed by atoms with van der Waals surface area (Å²) in [5.41, 5.74) is 1.95. The first kappa shape index (κ1) is 18.6. The smallest absolute Gasteiger partial charge is 0.255 e. The average Bonchev–Trinajstić information content (AvgIpc) is 2.62. The van der Waals surface area contributed by atoms with E-state index in [2.05, 4.69) is 5.32 Å². The molecule has 3 rings (SSSR count). The van der Waals surface area contributed by atoms with E-state index in [1.165, 1.54) is 10.4 Å². The molecule has 26 heavy (non-hydrogen) atoms. The van der Waals surface area contributed by atoms with Crippen LogP contribution in [0.1, 0.15) is 22.8 Å². The Hall–Kier alpha value is -2.22. The molecule has 1 N–H and O–H groups in total. The van der Waals surface area contributed by atoms with Gasteiger partial charge in [-0.3, -0.25) is 4.79 Å². The zero-order chi connectivity index (χ0) is 18.7. The first-order valence-corrected chi connectivity index (χ1v) is 9.89. The van der Waals surface area contributed by atoms with Crippen molar-refractivity contribution in [2.24, 2.45) is 0 Å². The molecule has 6 nitrogen and oxygen atoms in total. The van der Waals surface area contributed by atoms with Gasteiger partial charge in [-0.2, -0.15) is 4.31 Å². The van der Waals surface area contributed by atoms with Crippen molar-refractivity contribution < 1.29 is 17.9 Å². The number of benzene rings is 2. The van der Waals surface area contributed by atoms with Crippen molar-refractivity contribution in [1.82, 2.24) is 4.31 Å². The highest BCUT2D eigenvalue weighted by atomic mass is 32.2. The Labute approximate surface area is 153 Å². The van der Waals surface area contributed by atoms with Crippen molar-refractivity contribution in [3.63, 3.8) is 0 Å². The number of hydrogen-bond donors (Lipinski definition) is 1. The van der Waals surface area contributed by atoms with Gasteiger partial charge in [0.05, 0.1) is 18.1 Å². The Bertz CT molecular complexity index is 911. The van der Waals surface area contributed by atoms with Gasteiger partial charge in [-0.25, -0.2) is 8.42 Å². The fraction of sp³-hybridized carbons (Fsp3) is 0.316. The highest BCUT2D eigenvalue weighted by Crippen LogP contribution is 2.23. The molecule has 0 aromatic heterocycles. The molecule has 0 bridgehead atoms. The number of sulfonamides is 1. The molecule has 0 aliphatic carbocycles. The van der Waals surface area contributed by atoms with E-state index in [4.69, 9.17) is 4.74 Å². The molecule has 0 radical (unpaired) electrons. The summed E-state index contributed by atoms with van der Waals surface area (Å²) in [7, 11) is -3.64. The number of aryl methyl sites for hydroxylation is 1. The van der Waals surface area contributed by atoms with Crippen molar-refractivity contribution in [3.05, 3.63) is 59.7 Å². The molecule has 138 valence electrons. The van der Waals surface area contributed by atoms with Crippen LogP contribution in [0.5, 0.6) is 0 Å². The monoisotopic (exact) mass is 374 g/mol. The highest BCUT2D eigenvalue weighted by Gasteiger charge is 2.31. The second-order valence-corrected chi connectivity index (χ2v) is 8.28. The molecule has 1 aliphatic rings. The van der Waals surface area contributed by atoms with E-state index in [9.17, 15) is 13.2 Å². The SMILES string of the molecule is Cc1cccc(C(=O)Nc2cccc(S(=O)(=O)N3CCOCC3C)c2)c1. The van der Waals surface area contributed by atoms with Gasteiger partial charge in [0.1, 0.15) is 0 Å². The van der Waals surface area contributed by atoms with E-state index in [1.54, 1.807) is 30.3 Å². The molecule has 7 heteroatoms. The normalized spacial score (nSPS) is 18.5. The number of morpholine rings is 1. The highest BCUT2D eigenvalue weighted by molar-refractivity contribution is 7.89. The topological polar surface area (TPSA) is 75.7 Å². The third-order valence-electron chi connectivity index (χ3n) is 4.29. The number of rotatable bonds is 4. The summed E-state index contributed by atoms with van der Waals surface area (Å²) in [5.74, 6) is -0.275. The summed E-state index contributed by atoms with van der Waals surface area (Å²) in [6, 6.07) is 13.3. The molecule has 1 unspecified atom stereocenters. The summed E-state index contributed by atoms with van der Waals surface area (Å²) in [5, 5.41) is 2.77. The Balaban J connectivity index is 1.83. The lowest BCUT2D eigenvalue weighted by molar-refractivity contribution is 0.0393. The lowest BCUT2D eigenvalue weighted by Gasteiger charge is -2.32. The summed E-state index contributed by atoms with van der Waals surface area (Å²) in [6.45, 7) is 4.81. The zero-order valence-corrected chi connectivity index (χ0v) is 15.6. The lowest BCUT2D eigenvalue weighted by atomic mass is 10.1. The number of ether oxygens (including phenoxy) is 1. The molecule has 1 heterocycles. The standard InChI is InChI=1S/C19H22N2O4S/c1-14-5-3-6-16(11-14)19(22)20-17-7-4-8-18(12-17)26(23,24)21-9-10-25-13-15(21)2/h3-8,11-12,15H,9-10,13H2,1-2H3,(H,20,22). The van der Waals surface area contributed by atoms with Crippen molar-refractivity contribution in [2.75, 3.05) is 25.1 Å². The van der Waals surface area contributed by atoms with E-state index in [0.29, 0.717) is 31.0 Å². The Kier molecular flexibility index (Phi) is 5.41. The van der Waals surface area contributed by atoms with Gasteiger partial charge in [0.2, 0.25) is 10.0 Å². The zero-order valence-electron chi connectivity index (χ0n) is 14.8. The largest absolute Gasteiger partial charge is 0.378 e. The van der Waals surface area contributed by atoms with Gasteiger partial charge in [-0.05, 0) is 44.2 Å². The van der Waals surface area contributed by atoms with Crippen molar-refractivity contribution in [2.45, 2.75) is 24.8 Å². The number of hydrogen-bond acceptors (Lipinski definition) is 4. The fourth-order valence-electron chi connectivity index (χ4n) is 2.93. The Morgan fingerprint density at radius 3 is 2.69 bits per heavy atom. The van der Waals surface area contributed by atoms with Crippen molar-refractivity contribution in [3.8, 4) is 0 Å². The van der Waals surface area contributed by atoms with E-state index < -0.39 is 10.0 Å². The van der Waals surface area contributed by atoms with E-state index in [1.807, 2.05) is 26.0 Å². The number of amides is 1. The van der Waals surface area contributed by atoms with Gasteiger partial charge in [-0.1, -0.05) is 23.8 Å². The molecule has 0 spiro atoms. The molecule has 1 fully saturated rings. The van der Waals surface area contributed by atoms with Gasteiger partial charge >= 0.3 is 0 Å². The molecule has 2 aromatic rings. The summed E-state index contributed by atoms with van der Waals surface area (Å²) < 4.78 is 32.6. The van der Waals surface area contributed by atoms with Crippen LogP contribution in [-0.2, 0) is 14.8 Å². The average molecular weight is 374 g/mol. The van der Waals surface area contributed by atoms with Gasteiger partial charge in [0.15, 0.2) is 0 Å². The second-order valence-electron chi connectivity index (χ2n) is 6.39. The third kappa shape index (κ3) is 3.95. The van der Waals surface area contributed by atoms with Crippen LogP contribution in [-0.4, -0.2) is 44.4 Å². The lowest BCUT2D eigenvalue weighted by Crippen LogP contribution is -2.46. The maximum atomic E-state index is 12.9. The minimum Gasteiger partial charge on any atom is -0.378 e. The number of carbonyl (C=O) groups excluding carboxylic acids is 1. The second kappa shape index (κ2) is 7.57. The minimum atomic E-state index is -3.64. The summed E-state index contributed by atoms with van der Waals surface area (Å²) >= 11 is 0. The fourth-order valence-corrected chi connectivity index (χ4v) is 4.58. The first-order valence-electron chi connectivity index (χ1n) is 8.45.